The molecule has 2 aliphatic rings. The fraction of sp³-hybridized carbons (Fsp3) is 0.583. The summed E-state index contributed by atoms with van der Waals surface area (Å²) in [7, 11) is 0. The molecule has 2 rings (SSSR count). The Hall–Kier alpha value is -1.85. The van der Waals surface area contributed by atoms with Crippen molar-refractivity contribution in [1.29, 1.82) is 0 Å². The minimum Gasteiger partial charge on any atom is -0.394 e. The van der Waals surface area contributed by atoms with Crippen molar-refractivity contribution in [3.63, 3.8) is 0 Å². The fourth-order valence-electron chi connectivity index (χ4n) is 2.22. The lowest BCUT2D eigenvalue weighted by molar-refractivity contribution is -0.253. The summed E-state index contributed by atoms with van der Waals surface area (Å²) in [5, 5.41) is 40.3. The van der Waals surface area contributed by atoms with Gasteiger partial charge in [0.05, 0.1) is 6.61 Å². The van der Waals surface area contributed by atoms with Crippen LogP contribution in [-0.2, 0) is 19.1 Å². The van der Waals surface area contributed by atoms with Gasteiger partial charge in [0, 0.05) is 12.2 Å². The summed E-state index contributed by atoms with van der Waals surface area (Å²) in [6.45, 7) is -1.22. The molecule has 0 aromatic heterocycles. The molecule has 122 valence electrons. The number of carbonyl (C=O) groups is 3. The molecule has 1 saturated heterocycles. The van der Waals surface area contributed by atoms with Crippen molar-refractivity contribution in [2.75, 3.05) is 13.2 Å². The average Bonchev–Trinajstić information content (AvgIpc) is 2.79. The first-order chi connectivity index (χ1) is 10.3. The molecule has 0 aliphatic carbocycles. The Labute approximate surface area is 124 Å². The van der Waals surface area contributed by atoms with E-state index in [1.807, 2.05) is 0 Å². The SMILES string of the molecule is O=C(CN1C(=O)C=CC1=O)N[C@H]1C(O)O[C@H](CO)[C@@H](O)[C@@H]1O. The highest BCUT2D eigenvalue weighted by molar-refractivity contribution is 6.14. The molecular weight excluding hydrogens is 300 g/mol. The van der Waals surface area contributed by atoms with E-state index < -0.39 is 61.5 Å². The second kappa shape index (κ2) is 6.50. The summed E-state index contributed by atoms with van der Waals surface area (Å²) >= 11 is 0. The lowest BCUT2D eigenvalue weighted by Gasteiger charge is -2.40. The summed E-state index contributed by atoms with van der Waals surface area (Å²) in [6, 6.07) is -1.37. The molecule has 0 spiro atoms. The van der Waals surface area contributed by atoms with E-state index in [0.717, 1.165) is 12.2 Å². The van der Waals surface area contributed by atoms with Crippen molar-refractivity contribution in [1.82, 2.24) is 10.2 Å². The summed E-state index contributed by atoms with van der Waals surface area (Å²) in [5.74, 6) is -2.13. The van der Waals surface area contributed by atoms with Crippen LogP contribution in [0, 0.1) is 0 Å². The van der Waals surface area contributed by atoms with Crippen LogP contribution in [-0.4, -0.2) is 86.8 Å². The maximum absolute atomic E-state index is 11.8. The number of hydrogen-bond donors (Lipinski definition) is 5. The summed E-state index contributed by atoms with van der Waals surface area (Å²) in [6.07, 6.45) is -3.94. The van der Waals surface area contributed by atoms with Gasteiger partial charge in [-0.3, -0.25) is 19.3 Å². The maximum Gasteiger partial charge on any atom is 0.254 e. The van der Waals surface area contributed by atoms with Crippen LogP contribution in [0.5, 0.6) is 0 Å². The molecule has 0 bridgehead atoms. The number of carbonyl (C=O) groups excluding carboxylic acids is 3. The number of aliphatic hydroxyl groups is 4. The highest BCUT2D eigenvalue weighted by Crippen LogP contribution is 2.19. The summed E-state index contributed by atoms with van der Waals surface area (Å²) < 4.78 is 4.86. The van der Waals surface area contributed by atoms with E-state index in [0.29, 0.717) is 4.90 Å². The largest absolute Gasteiger partial charge is 0.394 e. The smallest absolute Gasteiger partial charge is 0.254 e. The van der Waals surface area contributed by atoms with Crippen LogP contribution >= 0.6 is 0 Å². The Morgan fingerprint density at radius 3 is 2.32 bits per heavy atom. The molecule has 0 aromatic carbocycles. The minimum atomic E-state index is -1.66. The molecule has 5 N–H and O–H groups in total. The Balaban J connectivity index is 1.96. The van der Waals surface area contributed by atoms with Crippen molar-refractivity contribution in [3.05, 3.63) is 12.2 Å². The van der Waals surface area contributed by atoms with Crippen LogP contribution in [0.15, 0.2) is 12.2 Å². The quantitative estimate of drug-likeness (QED) is 0.327. The third-order valence-electron chi connectivity index (χ3n) is 3.43. The van der Waals surface area contributed by atoms with E-state index in [-0.39, 0.29) is 0 Å². The van der Waals surface area contributed by atoms with Crippen LogP contribution in [0.25, 0.3) is 0 Å². The summed E-state index contributed by atoms with van der Waals surface area (Å²) in [5.41, 5.74) is 0. The molecule has 1 unspecified atom stereocenters. The van der Waals surface area contributed by atoms with Gasteiger partial charge in [0.15, 0.2) is 6.29 Å². The van der Waals surface area contributed by atoms with Crippen LogP contribution in [0.4, 0.5) is 0 Å². The van der Waals surface area contributed by atoms with Gasteiger partial charge in [0.2, 0.25) is 5.91 Å². The Kier molecular flexibility index (Phi) is 4.88. The van der Waals surface area contributed by atoms with Gasteiger partial charge in [-0.1, -0.05) is 0 Å². The number of imide groups is 1. The topological polar surface area (TPSA) is 157 Å². The highest BCUT2D eigenvalue weighted by Gasteiger charge is 2.44. The number of aliphatic hydroxyl groups excluding tert-OH is 4. The number of ether oxygens (including phenoxy) is 1. The average molecular weight is 316 g/mol. The number of rotatable bonds is 4. The first-order valence-corrected chi connectivity index (χ1v) is 6.48. The first-order valence-electron chi connectivity index (χ1n) is 6.48. The minimum absolute atomic E-state index is 0.597. The number of nitrogens with zero attached hydrogens (tertiary/aromatic N) is 1. The Morgan fingerprint density at radius 1 is 1.18 bits per heavy atom. The van der Waals surface area contributed by atoms with Gasteiger partial charge in [-0.15, -0.1) is 0 Å². The predicted molar refractivity (Wildman–Crippen MR) is 67.8 cm³/mol. The zero-order valence-corrected chi connectivity index (χ0v) is 11.3. The molecule has 10 nitrogen and oxygen atoms in total. The molecular formula is C12H16N2O8. The third-order valence-corrected chi connectivity index (χ3v) is 3.43. The lowest BCUT2D eigenvalue weighted by atomic mass is 9.97. The third kappa shape index (κ3) is 3.15. The second-order valence-electron chi connectivity index (χ2n) is 4.92. The van der Waals surface area contributed by atoms with Crippen molar-refractivity contribution in [2.24, 2.45) is 0 Å². The molecule has 0 saturated carbocycles. The van der Waals surface area contributed by atoms with Crippen molar-refractivity contribution in [3.8, 4) is 0 Å². The van der Waals surface area contributed by atoms with Gasteiger partial charge in [0.1, 0.15) is 30.9 Å². The number of nitrogens with one attached hydrogen (secondary N) is 1. The zero-order valence-electron chi connectivity index (χ0n) is 11.3. The Bertz CT molecular complexity index is 489. The summed E-state index contributed by atoms with van der Waals surface area (Å²) in [4.78, 5) is 35.1. The second-order valence-corrected chi connectivity index (χ2v) is 4.92. The van der Waals surface area contributed by atoms with Gasteiger partial charge >= 0.3 is 0 Å². The van der Waals surface area contributed by atoms with Crippen LogP contribution in [0.3, 0.4) is 0 Å². The monoisotopic (exact) mass is 316 g/mol. The van der Waals surface area contributed by atoms with E-state index >= 15 is 0 Å². The first kappa shape index (κ1) is 16.5. The Morgan fingerprint density at radius 2 is 1.77 bits per heavy atom. The zero-order chi connectivity index (χ0) is 16.4. The number of hydrogen-bond acceptors (Lipinski definition) is 8. The van der Waals surface area contributed by atoms with Crippen molar-refractivity contribution < 1.29 is 39.5 Å². The van der Waals surface area contributed by atoms with E-state index in [2.05, 4.69) is 5.32 Å². The van der Waals surface area contributed by atoms with Gasteiger partial charge in [-0.05, 0) is 0 Å². The number of amides is 3. The van der Waals surface area contributed by atoms with E-state index in [4.69, 9.17) is 9.84 Å². The normalized spacial score (nSPS) is 35.1. The standard InChI is InChI=1S/C12H16N2O8/c15-4-5-10(19)11(20)9(12(21)22-5)13-6(16)3-14-7(17)1-2-8(14)18/h1-2,5,9-12,15,19-21H,3-4H2,(H,13,16)/t5-,9-,10-,11-,12?/m1/s1. The van der Waals surface area contributed by atoms with E-state index in [9.17, 15) is 29.7 Å². The van der Waals surface area contributed by atoms with Gasteiger partial charge in [-0.25, -0.2) is 0 Å². The van der Waals surface area contributed by atoms with Crippen LogP contribution in [0.2, 0.25) is 0 Å². The van der Waals surface area contributed by atoms with E-state index in [1.54, 1.807) is 0 Å². The molecule has 0 aromatic rings. The van der Waals surface area contributed by atoms with Crippen molar-refractivity contribution >= 4 is 17.7 Å². The molecule has 2 aliphatic heterocycles. The molecule has 10 heteroatoms. The molecule has 5 atom stereocenters. The molecule has 3 amide bonds. The van der Waals surface area contributed by atoms with Crippen LogP contribution in [0.1, 0.15) is 0 Å². The highest BCUT2D eigenvalue weighted by atomic mass is 16.6. The maximum atomic E-state index is 11.8. The van der Waals surface area contributed by atoms with Gasteiger partial charge in [0.25, 0.3) is 11.8 Å². The molecule has 2 heterocycles. The lowest BCUT2D eigenvalue weighted by Crippen LogP contribution is -2.64. The fourth-order valence-corrected chi connectivity index (χ4v) is 2.22. The van der Waals surface area contributed by atoms with Crippen LogP contribution < -0.4 is 5.32 Å². The predicted octanol–water partition coefficient (Wildman–Crippen LogP) is -4.17. The molecule has 1 fully saturated rings. The van der Waals surface area contributed by atoms with Gasteiger partial charge in [-0.2, -0.15) is 0 Å². The van der Waals surface area contributed by atoms with Gasteiger partial charge < -0.3 is 30.5 Å². The molecule has 0 radical (unpaired) electrons. The van der Waals surface area contributed by atoms with E-state index in [1.165, 1.54) is 0 Å². The molecule has 22 heavy (non-hydrogen) atoms. The van der Waals surface area contributed by atoms with Crippen molar-refractivity contribution in [2.45, 2.75) is 30.6 Å².